The maximum absolute atomic E-state index is 12.7. The lowest BCUT2D eigenvalue weighted by molar-refractivity contribution is -0.136. The van der Waals surface area contributed by atoms with Gasteiger partial charge in [-0.25, -0.2) is 0 Å². The Hall–Kier alpha value is -1.72. The molecule has 1 rings (SSSR count). The van der Waals surface area contributed by atoms with Crippen molar-refractivity contribution in [3.8, 4) is 0 Å². The zero-order chi connectivity index (χ0) is 15.5. The summed E-state index contributed by atoms with van der Waals surface area (Å²) in [5.41, 5.74) is 3.96. The predicted octanol–water partition coefficient (Wildman–Crippen LogP) is 3.41. The molecule has 0 atom stereocenters. The summed E-state index contributed by atoms with van der Waals surface area (Å²) in [4.78, 5) is 13.5. The maximum Gasteiger partial charge on any atom is 0.418 e. The SMILES string of the molecule is CC(C)CCN(C)C(=O)c1ccc(N)c(C(F)(F)F)c1. The van der Waals surface area contributed by atoms with E-state index in [1.54, 1.807) is 7.05 Å². The van der Waals surface area contributed by atoms with Crippen LogP contribution in [0.5, 0.6) is 0 Å². The van der Waals surface area contributed by atoms with Gasteiger partial charge in [-0.2, -0.15) is 13.2 Å². The van der Waals surface area contributed by atoms with Crippen LogP contribution in [0, 0.1) is 5.92 Å². The molecule has 6 heteroatoms. The molecule has 3 nitrogen and oxygen atoms in total. The molecule has 1 aromatic carbocycles. The molecule has 0 aliphatic heterocycles. The van der Waals surface area contributed by atoms with E-state index in [2.05, 4.69) is 0 Å². The monoisotopic (exact) mass is 288 g/mol. The van der Waals surface area contributed by atoms with Crippen LogP contribution in [0.15, 0.2) is 18.2 Å². The number of anilines is 1. The molecule has 0 aliphatic rings. The summed E-state index contributed by atoms with van der Waals surface area (Å²) >= 11 is 0. The average molecular weight is 288 g/mol. The van der Waals surface area contributed by atoms with Gasteiger partial charge in [0.25, 0.3) is 5.91 Å². The van der Waals surface area contributed by atoms with Crippen molar-refractivity contribution < 1.29 is 18.0 Å². The summed E-state index contributed by atoms with van der Waals surface area (Å²) in [6.07, 6.45) is -3.76. The van der Waals surface area contributed by atoms with Gasteiger partial charge in [0, 0.05) is 24.8 Å². The molecular weight excluding hydrogens is 269 g/mol. The number of nitrogens with two attached hydrogens (primary N) is 1. The first-order valence-corrected chi connectivity index (χ1v) is 6.35. The predicted molar refractivity (Wildman–Crippen MR) is 72.3 cm³/mol. The van der Waals surface area contributed by atoms with Crippen LogP contribution >= 0.6 is 0 Å². The zero-order valence-corrected chi connectivity index (χ0v) is 11.8. The number of nitrogens with zero attached hydrogens (tertiary/aromatic N) is 1. The van der Waals surface area contributed by atoms with Gasteiger partial charge in [-0.15, -0.1) is 0 Å². The van der Waals surface area contributed by atoms with E-state index < -0.39 is 17.6 Å². The first kappa shape index (κ1) is 16.3. The van der Waals surface area contributed by atoms with Crippen LogP contribution in [0.4, 0.5) is 18.9 Å². The lowest BCUT2D eigenvalue weighted by Gasteiger charge is -2.19. The van der Waals surface area contributed by atoms with Crippen molar-refractivity contribution in [2.75, 3.05) is 19.3 Å². The van der Waals surface area contributed by atoms with Gasteiger partial charge in [-0.3, -0.25) is 4.79 Å². The van der Waals surface area contributed by atoms with Crippen LogP contribution < -0.4 is 5.73 Å². The smallest absolute Gasteiger partial charge is 0.398 e. The van der Waals surface area contributed by atoms with Crippen LogP contribution in [-0.2, 0) is 6.18 Å². The van der Waals surface area contributed by atoms with E-state index in [1.165, 1.54) is 11.0 Å². The Morgan fingerprint density at radius 2 is 1.95 bits per heavy atom. The summed E-state index contributed by atoms with van der Waals surface area (Å²) in [5, 5.41) is 0. The third kappa shape index (κ3) is 4.15. The first-order valence-electron chi connectivity index (χ1n) is 6.35. The number of halogens is 3. The summed E-state index contributed by atoms with van der Waals surface area (Å²) in [7, 11) is 1.58. The molecule has 2 N–H and O–H groups in total. The molecule has 20 heavy (non-hydrogen) atoms. The van der Waals surface area contributed by atoms with E-state index >= 15 is 0 Å². The number of rotatable bonds is 4. The molecule has 0 radical (unpaired) electrons. The van der Waals surface area contributed by atoms with Crippen LogP contribution in [0.25, 0.3) is 0 Å². The quantitative estimate of drug-likeness (QED) is 0.863. The molecule has 0 saturated carbocycles. The van der Waals surface area contributed by atoms with Crippen molar-refractivity contribution >= 4 is 11.6 Å². The number of nitrogen functional groups attached to an aromatic ring is 1. The summed E-state index contributed by atoms with van der Waals surface area (Å²) in [5.74, 6) is -0.0152. The number of benzene rings is 1. The first-order chi connectivity index (χ1) is 9.12. The van der Waals surface area contributed by atoms with Gasteiger partial charge < -0.3 is 10.6 Å². The fourth-order valence-electron chi connectivity index (χ4n) is 1.71. The summed E-state index contributed by atoms with van der Waals surface area (Å²) < 4.78 is 38.2. The standard InChI is InChI=1S/C14H19F3N2O/c1-9(2)6-7-19(3)13(20)10-4-5-12(18)11(8-10)14(15,16)17/h4-5,8-9H,6-7,18H2,1-3H3. The molecular formula is C14H19F3N2O. The fraction of sp³-hybridized carbons (Fsp3) is 0.500. The van der Waals surface area contributed by atoms with Crippen LogP contribution in [-0.4, -0.2) is 24.4 Å². The molecule has 112 valence electrons. The zero-order valence-electron chi connectivity index (χ0n) is 11.8. The van der Waals surface area contributed by atoms with E-state index in [9.17, 15) is 18.0 Å². The van der Waals surface area contributed by atoms with Gasteiger partial charge in [-0.05, 0) is 30.5 Å². The molecule has 1 amide bonds. The Bertz CT molecular complexity index is 484. The Balaban J connectivity index is 2.94. The van der Waals surface area contributed by atoms with Gasteiger partial charge in [0.15, 0.2) is 0 Å². The Morgan fingerprint density at radius 1 is 1.35 bits per heavy atom. The molecule has 0 spiro atoms. The summed E-state index contributed by atoms with van der Waals surface area (Å²) in [6.45, 7) is 4.54. The molecule has 0 unspecified atom stereocenters. The Labute approximate surface area is 116 Å². The second kappa shape index (κ2) is 6.15. The van der Waals surface area contributed by atoms with E-state index in [4.69, 9.17) is 5.73 Å². The minimum atomic E-state index is -4.56. The van der Waals surface area contributed by atoms with E-state index in [1.807, 2.05) is 13.8 Å². The van der Waals surface area contributed by atoms with E-state index in [-0.39, 0.29) is 11.3 Å². The molecule has 0 fully saturated rings. The van der Waals surface area contributed by atoms with E-state index in [0.29, 0.717) is 12.5 Å². The lowest BCUT2D eigenvalue weighted by Crippen LogP contribution is -2.28. The number of hydrogen-bond donors (Lipinski definition) is 1. The van der Waals surface area contributed by atoms with E-state index in [0.717, 1.165) is 18.6 Å². The third-order valence-electron chi connectivity index (χ3n) is 2.99. The van der Waals surface area contributed by atoms with Crippen molar-refractivity contribution in [3.05, 3.63) is 29.3 Å². The second-order valence-electron chi connectivity index (χ2n) is 5.21. The molecule has 0 aliphatic carbocycles. The molecule has 0 bridgehead atoms. The summed E-state index contributed by atoms with van der Waals surface area (Å²) in [6, 6.07) is 3.24. The van der Waals surface area contributed by atoms with Gasteiger partial charge in [0.2, 0.25) is 0 Å². The Morgan fingerprint density at radius 3 is 2.45 bits per heavy atom. The second-order valence-corrected chi connectivity index (χ2v) is 5.21. The fourth-order valence-corrected chi connectivity index (χ4v) is 1.71. The highest BCUT2D eigenvalue weighted by Gasteiger charge is 2.33. The molecule has 0 heterocycles. The van der Waals surface area contributed by atoms with Crippen molar-refractivity contribution in [1.29, 1.82) is 0 Å². The highest BCUT2D eigenvalue weighted by molar-refractivity contribution is 5.94. The third-order valence-corrected chi connectivity index (χ3v) is 2.99. The van der Waals surface area contributed by atoms with Crippen molar-refractivity contribution in [1.82, 2.24) is 4.90 Å². The lowest BCUT2D eigenvalue weighted by atomic mass is 10.1. The largest absolute Gasteiger partial charge is 0.418 e. The van der Waals surface area contributed by atoms with Crippen molar-refractivity contribution in [2.24, 2.45) is 5.92 Å². The van der Waals surface area contributed by atoms with Crippen LogP contribution in [0.2, 0.25) is 0 Å². The van der Waals surface area contributed by atoms with Crippen molar-refractivity contribution in [3.63, 3.8) is 0 Å². The number of carbonyl (C=O) groups is 1. The number of amides is 1. The topological polar surface area (TPSA) is 46.3 Å². The van der Waals surface area contributed by atoms with Crippen LogP contribution in [0.3, 0.4) is 0 Å². The molecule has 0 saturated heterocycles. The highest BCUT2D eigenvalue weighted by Crippen LogP contribution is 2.34. The van der Waals surface area contributed by atoms with Gasteiger partial charge in [0.1, 0.15) is 0 Å². The Kier molecular flexibility index (Phi) is 5.03. The van der Waals surface area contributed by atoms with Gasteiger partial charge in [-0.1, -0.05) is 13.8 Å². The minimum absolute atomic E-state index is 0.00205. The minimum Gasteiger partial charge on any atom is -0.398 e. The normalized spacial score (nSPS) is 11.8. The van der Waals surface area contributed by atoms with Crippen molar-refractivity contribution in [2.45, 2.75) is 26.4 Å². The maximum atomic E-state index is 12.7. The van der Waals surface area contributed by atoms with Gasteiger partial charge in [0.05, 0.1) is 5.56 Å². The number of alkyl halides is 3. The average Bonchev–Trinajstić information content (AvgIpc) is 2.34. The highest BCUT2D eigenvalue weighted by atomic mass is 19.4. The number of hydrogen-bond acceptors (Lipinski definition) is 2. The molecule has 1 aromatic rings. The number of carbonyl (C=O) groups excluding carboxylic acids is 1. The molecule has 0 aromatic heterocycles. The van der Waals surface area contributed by atoms with Crippen LogP contribution in [0.1, 0.15) is 36.2 Å². The van der Waals surface area contributed by atoms with Gasteiger partial charge >= 0.3 is 6.18 Å².